The van der Waals surface area contributed by atoms with Crippen molar-refractivity contribution in [3.63, 3.8) is 0 Å². The third-order valence-corrected chi connectivity index (χ3v) is 5.32. The number of hydrogen-bond acceptors (Lipinski definition) is 4. The standard InChI is InChI=1S/C20H23NO4/c1-13-10-15(24-19(13)20(22)23)12-21-9-5-8-17-16(21)11-18(25-17)14-6-3-2-4-7-14/h2-4,6-7,10,16-18H,5,8-9,11-12H2,1H3,(H,22,23)/t16-,17-,18-/m0/s1. The van der Waals surface area contributed by atoms with Crippen LogP contribution in [0.4, 0.5) is 0 Å². The highest BCUT2D eigenvalue weighted by Crippen LogP contribution is 2.40. The van der Waals surface area contributed by atoms with E-state index in [4.69, 9.17) is 14.3 Å². The molecular formula is C20H23NO4. The Morgan fingerprint density at radius 2 is 2.12 bits per heavy atom. The molecule has 0 bridgehead atoms. The van der Waals surface area contributed by atoms with Crippen molar-refractivity contribution >= 4 is 5.97 Å². The highest BCUT2D eigenvalue weighted by Gasteiger charge is 2.41. The van der Waals surface area contributed by atoms with Crippen molar-refractivity contribution in [3.8, 4) is 0 Å². The van der Waals surface area contributed by atoms with Crippen molar-refractivity contribution in [2.45, 2.75) is 51.0 Å². The van der Waals surface area contributed by atoms with Crippen LogP contribution >= 0.6 is 0 Å². The lowest BCUT2D eigenvalue weighted by Crippen LogP contribution is -2.44. The molecule has 2 saturated heterocycles. The summed E-state index contributed by atoms with van der Waals surface area (Å²) in [6.07, 6.45) is 3.54. The van der Waals surface area contributed by atoms with Crippen LogP contribution in [0.2, 0.25) is 0 Å². The van der Waals surface area contributed by atoms with E-state index in [-0.39, 0.29) is 18.0 Å². The average Bonchev–Trinajstić information content (AvgIpc) is 3.20. The number of carbonyl (C=O) groups is 1. The molecule has 2 aliphatic heterocycles. The number of fused-ring (bicyclic) bond motifs is 1. The summed E-state index contributed by atoms with van der Waals surface area (Å²) in [4.78, 5) is 13.6. The van der Waals surface area contributed by atoms with Gasteiger partial charge in [-0.1, -0.05) is 30.3 Å². The second-order valence-electron chi connectivity index (χ2n) is 7.02. The Kier molecular flexibility index (Phi) is 4.36. The van der Waals surface area contributed by atoms with Gasteiger partial charge in [0, 0.05) is 11.6 Å². The molecular weight excluding hydrogens is 318 g/mol. The number of aryl methyl sites for hydroxylation is 1. The second-order valence-corrected chi connectivity index (χ2v) is 7.02. The van der Waals surface area contributed by atoms with Crippen molar-refractivity contribution in [1.29, 1.82) is 0 Å². The van der Waals surface area contributed by atoms with Gasteiger partial charge in [-0.3, -0.25) is 4.90 Å². The highest BCUT2D eigenvalue weighted by atomic mass is 16.5. The minimum Gasteiger partial charge on any atom is -0.475 e. The summed E-state index contributed by atoms with van der Waals surface area (Å²) in [5, 5.41) is 9.17. The zero-order valence-electron chi connectivity index (χ0n) is 14.4. The number of rotatable bonds is 4. The van der Waals surface area contributed by atoms with Gasteiger partial charge in [0.25, 0.3) is 0 Å². The minimum absolute atomic E-state index is 0.0494. The third kappa shape index (κ3) is 3.22. The molecule has 0 amide bonds. The summed E-state index contributed by atoms with van der Waals surface area (Å²) in [5.41, 5.74) is 1.92. The SMILES string of the molecule is Cc1cc(CN2CCC[C@@H]3O[C@H](c4ccccc4)C[C@@H]32)oc1C(=O)O. The predicted molar refractivity (Wildman–Crippen MR) is 92.5 cm³/mol. The smallest absolute Gasteiger partial charge is 0.372 e. The van der Waals surface area contributed by atoms with Crippen LogP contribution in [0.5, 0.6) is 0 Å². The first-order valence-corrected chi connectivity index (χ1v) is 8.89. The highest BCUT2D eigenvalue weighted by molar-refractivity contribution is 5.86. The van der Waals surface area contributed by atoms with Gasteiger partial charge in [-0.25, -0.2) is 4.79 Å². The normalized spacial score (nSPS) is 26.5. The molecule has 4 rings (SSSR count). The number of nitrogens with zero attached hydrogens (tertiary/aromatic N) is 1. The fourth-order valence-corrected chi connectivity index (χ4v) is 4.15. The Morgan fingerprint density at radius 1 is 1.32 bits per heavy atom. The van der Waals surface area contributed by atoms with Gasteiger partial charge in [0.1, 0.15) is 5.76 Å². The average molecular weight is 341 g/mol. The molecule has 3 atom stereocenters. The Bertz CT molecular complexity index is 754. The van der Waals surface area contributed by atoms with E-state index in [1.165, 1.54) is 5.56 Å². The predicted octanol–water partition coefficient (Wildman–Crippen LogP) is 3.78. The number of hydrogen-bond donors (Lipinski definition) is 1. The summed E-state index contributed by atoms with van der Waals surface area (Å²) in [7, 11) is 0. The van der Waals surface area contributed by atoms with Gasteiger partial charge in [-0.05, 0) is 44.4 Å². The van der Waals surface area contributed by atoms with Crippen molar-refractivity contribution in [2.75, 3.05) is 6.54 Å². The van der Waals surface area contributed by atoms with E-state index in [9.17, 15) is 4.79 Å². The first-order valence-electron chi connectivity index (χ1n) is 8.89. The molecule has 2 aromatic rings. The third-order valence-electron chi connectivity index (χ3n) is 5.32. The van der Waals surface area contributed by atoms with Crippen LogP contribution in [0.15, 0.2) is 40.8 Å². The van der Waals surface area contributed by atoms with Crippen LogP contribution in [-0.2, 0) is 11.3 Å². The van der Waals surface area contributed by atoms with Gasteiger partial charge in [0.2, 0.25) is 5.76 Å². The number of ether oxygens (including phenoxy) is 1. The monoisotopic (exact) mass is 341 g/mol. The molecule has 5 nitrogen and oxygen atoms in total. The maximum absolute atomic E-state index is 11.2. The van der Waals surface area contributed by atoms with Crippen LogP contribution in [0, 0.1) is 6.92 Å². The zero-order chi connectivity index (χ0) is 17.4. The van der Waals surface area contributed by atoms with E-state index in [0.717, 1.165) is 31.6 Å². The molecule has 1 aromatic carbocycles. The van der Waals surface area contributed by atoms with Crippen molar-refractivity contribution < 1.29 is 19.1 Å². The van der Waals surface area contributed by atoms with E-state index in [0.29, 0.717) is 18.2 Å². The second kappa shape index (κ2) is 6.65. The number of piperidine rings is 1. The number of aromatic carboxylic acids is 1. The molecule has 0 radical (unpaired) electrons. The minimum atomic E-state index is -1.01. The largest absolute Gasteiger partial charge is 0.475 e. The van der Waals surface area contributed by atoms with E-state index in [1.54, 1.807) is 6.92 Å². The Labute approximate surface area is 147 Å². The Hall–Kier alpha value is -2.11. The number of benzene rings is 1. The summed E-state index contributed by atoms with van der Waals surface area (Å²) in [6.45, 7) is 3.41. The number of likely N-dealkylation sites (tertiary alicyclic amines) is 1. The zero-order valence-corrected chi connectivity index (χ0v) is 14.4. The van der Waals surface area contributed by atoms with Gasteiger partial charge in [0.15, 0.2) is 0 Å². The molecule has 0 saturated carbocycles. The van der Waals surface area contributed by atoms with Gasteiger partial charge in [-0.15, -0.1) is 0 Å². The molecule has 1 aromatic heterocycles. The van der Waals surface area contributed by atoms with Gasteiger partial charge >= 0.3 is 5.97 Å². The quantitative estimate of drug-likeness (QED) is 0.917. The maximum Gasteiger partial charge on any atom is 0.372 e. The summed E-state index contributed by atoms with van der Waals surface area (Å²) in [6, 6.07) is 12.6. The molecule has 2 fully saturated rings. The Morgan fingerprint density at radius 3 is 2.84 bits per heavy atom. The lowest BCUT2D eigenvalue weighted by molar-refractivity contribution is -0.00724. The van der Waals surface area contributed by atoms with Crippen LogP contribution in [0.1, 0.15) is 52.8 Å². The van der Waals surface area contributed by atoms with Crippen LogP contribution in [0.3, 0.4) is 0 Å². The van der Waals surface area contributed by atoms with Crippen LogP contribution in [-0.4, -0.2) is 34.7 Å². The van der Waals surface area contributed by atoms with Gasteiger partial charge in [-0.2, -0.15) is 0 Å². The molecule has 0 aliphatic carbocycles. The van der Waals surface area contributed by atoms with Gasteiger partial charge < -0.3 is 14.3 Å². The maximum atomic E-state index is 11.2. The first kappa shape index (κ1) is 16.4. The molecule has 2 aliphatic rings. The number of furan rings is 1. The summed E-state index contributed by atoms with van der Waals surface area (Å²) < 4.78 is 11.9. The molecule has 1 N–H and O–H groups in total. The van der Waals surface area contributed by atoms with Crippen LogP contribution in [0.25, 0.3) is 0 Å². The topological polar surface area (TPSA) is 62.9 Å². The van der Waals surface area contributed by atoms with E-state index in [1.807, 2.05) is 12.1 Å². The Balaban J connectivity index is 1.49. The summed E-state index contributed by atoms with van der Waals surface area (Å²) in [5.74, 6) is -0.235. The fourth-order valence-electron chi connectivity index (χ4n) is 4.15. The van der Waals surface area contributed by atoms with Crippen molar-refractivity contribution in [1.82, 2.24) is 4.90 Å². The molecule has 25 heavy (non-hydrogen) atoms. The van der Waals surface area contributed by atoms with E-state index >= 15 is 0 Å². The lowest BCUT2D eigenvalue weighted by atomic mass is 9.95. The van der Waals surface area contributed by atoms with Crippen molar-refractivity contribution in [2.24, 2.45) is 0 Å². The lowest BCUT2D eigenvalue weighted by Gasteiger charge is -2.35. The fraction of sp³-hybridized carbons (Fsp3) is 0.450. The summed E-state index contributed by atoms with van der Waals surface area (Å²) >= 11 is 0. The van der Waals surface area contributed by atoms with Gasteiger partial charge in [0.05, 0.1) is 18.8 Å². The van der Waals surface area contributed by atoms with E-state index < -0.39 is 5.97 Å². The molecule has 0 unspecified atom stereocenters. The first-order chi connectivity index (χ1) is 12.1. The number of carboxylic acid groups (broad SMARTS) is 1. The number of carboxylic acids is 1. The molecule has 132 valence electrons. The molecule has 0 spiro atoms. The molecule has 3 heterocycles. The van der Waals surface area contributed by atoms with E-state index in [2.05, 4.69) is 29.2 Å². The molecule has 5 heteroatoms. The van der Waals surface area contributed by atoms with Crippen molar-refractivity contribution in [3.05, 3.63) is 59.0 Å². The van der Waals surface area contributed by atoms with Crippen LogP contribution < -0.4 is 0 Å².